The van der Waals surface area contributed by atoms with Gasteiger partial charge in [-0.15, -0.1) is 0 Å². The molecule has 0 bridgehead atoms. The summed E-state index contributed by atoms with van der Waals surface area (Å²) in [4.78, 5) is 28.1. The Hall–Kier alpha value is -3.50. The Balaban J connectivity index is 1.85. The Bertz CT molecular complexity index is 1250. The minimum absolute atomic E-state index is 0.0518. The maximum absolute atomic E-state index is 12.5. The van der Waals surface area contributed by atoms with Gasteiger partial charge in [0.1, 0.15) is 12.3 Å². The number of aliphatic imine (C=N–C) groups is 1. The number of ketones is 1. The van der Waals surface area contributed by atoms with Crippen molar-refractivity contribution in [3.05, 3.63) is 70.7 Å². The number of aryl methyl sites for hydroxylation is 2. The maximum atomic E-state index is 12.5. The third-order valence-corrected chi connectivity index (χ3v) is 5.10. The van der Waals surface area contributed by atoms with E-state index in [0.717, 1.165) is 17.5 Å². The summed E-state index contributed by atoms with van der Waals surface area (Å²) in [7, 11) is -4.46. The number of carboxylic acids is 1. The number of aromatic nitrogens is 1. The molecule has 156 valence electrons. The summed E-state index contributed by atoms with van der Waals surface area (Å²) >= 11 is 0. The number of hydrogen-bond donors (Lipinski definition) is 2. The number of Topliss-reactive ketones (excluding diaryl/α,β-unsaturated/α-hetero) is 1. The molecule has 0 unspecified atom stereocenters. The lowest BCUT2D eigenvalue weighted by molar-refractivity contribution is 0.0696. The molecule has 2 aromatic heterocycles. The van der Waals surface area contributed by atoms with Crippen molar-refractivity contribution in [2.75, 3.05) is 6.54 Å². The highest BCUT2D eigenvalue weighted by atomic mass is 32.2. The van der Waals surface area contributed by atoms with Crippen LogP contribution in [0.25, 0.3) is 5.69 Å². The van der Waals surface area contributed by atoms with E-state index in [1.807, 2.05) is 26.0 Å². The predicted octanol–water partition coefficient (Wildman–Crippen LogP) is 2.93. The lowest BCUT2D eigenvalue weighted by Gasteiger charge is -2.14. The summed E-state index contributed by atoms with van der Waals surface area (Å²) in [6, 6.07) is 10.4. The van der Waals surface area contributed by atoms with E-state index in [9.17, 15) is 23.1 Å². The summed E-state index contributed by atoms with van der Waals surface area (Å²) in [6.45, 7) is 3.40. The fourth-order valence-electron chi connectivity index (χ4n) is 2.97. The van der Waals surface area contributed by atoms with E-state index in [1.54, 1.807) is 4.57 Å². The molecular weight excluding hydrogens is 412 g/mol. The average Bonchev–Trinajstić information content (AvgIpc) is 3.27. The molecule has 0 saturated heterocycles. The van der Waals surface area contributed by atoms with Crippen LogP contribution in [-0.2, 0) is 10.1 Å². The van der Waals surface area contributed by atoms with E-state index in [1.165, 1.54) is 30.5 Å². The van der Waals surface area contributed by atoms with Crippen LogP contribution in [0.3, 0.4) is 0 Å². The predicted molar refractivity (Wildman–Crippen MR) is 108 cm³/mol. The second-order valence-electron chi connectivity index (χ2n) is 6.51. The summed E-state index contributed by atoms with van der Waals surface area (Å²) in [5, 5.41) is 8.89. The zero-order valence-electron chi connectivity index (χ0n) is 16.1. The standard InChI is InChI=1S/C20H18N2O7S/c1-12-3-4-13(2)22(12)17-9-14(5-7-16(17)20(24)25)18(23)11-21-10-15-6-8-19(29-15)30(26,27)28/h3-10H,11H2,1-2H3,(H,24,25)(H,26,27,28). The molecule has 9 nitrogen and oxygen atoms in total. The fourth-order valence-corrected chi connectivity index (χ4v) is 3.41. The van der Waals surface area contributed by atoms with Crippen LogP contribution in [0.15, 0.2) is 57.0 Å². The SMILES string of the molecule is Cc1ccc(C)n1-c1cc(C(=O)CN=Cc2ccc(S(=O)(=O)O)o2)ccc1C(=O)O. The van der Waals surface area contributed by atoms with Gasteiger partial charge in [0.2, 0.25) is 5.09 Å². The molecule has 0 fully saturated rings. The molecule has 1 aromatic carbocycles. The normalized spacial score (nSPS) is 11.8. The lowest BCUT2D eigenvalue weighted by atomic mass is 10.1. The Morgan fingerprint density at radius 3 is 2.33 bits per heavy atom. The average molecular weight is 430 g/mol. The minimum atomic E-state index is -4.46. The van der Waals surface area contributed by atoms with E-state index in [2.05, 4.69) is 4.99 Å². The number of aromatic carboxylic acids is 1. The molecule has 0 amide bonds. The first-order chi connectivity index (χ1) is 14.1. The lowest BCUT2D eigenvalue weighted by Crippen LogP contribution is -2.11. The van der Waals surface area contributed by atoms with Crippen molar-refractivity contribution in [1.29, 1.82) is 0 Å². The summed E-state index contributed by atoms with van der Waals surface area (Å²) in [5.41, 5.74) is 2.36. The van der Waals surface area contributed by atoms with Crippen LogP contribution < -0.4 is 0 Å². The number of carbonyl (C=O) groups excluding carboxylic acids is 1. The first kappa shape index (κ1) is 21.2. The Labute approximate surface area is 172 Å². The summed E-state index contributed by atoms with van der Waals surface area (Å²) in [5.74, 6) is -1.42. The zero-order chi connectivity index (χ0) is 22.1. The number of rotatable bonds is 7. The van der Waals surface area contributed by atoms with E-state index >= 15 is 0 Å². The molecule has 0 aliphatic carbocycles. The molecule has 10 heteroatoms. The first-order valence-electron chi connectivity index (χ1n) is 8.71. The highest BCUT2D eigenvalue weighted by Crippen LogP contribution is 2.22. The second-order valence-corrected chi connectivity index (χ2v) is 7.87. The Morgan fingerprint density at radius 1 is 1.10 bits per heavy atom. The number of nitrogens with zero attached hydrogens (tertiary/aromatic N) is 2. The van der Waals surface area contributed by atoms with E-state index < -0.39 is 21.2 Å². The number of benzene rings is 1. The number of carboxylic acid groups (broad SMARTS) is 1. The number of carbonyl (C=O) groups is 2. The number of furan rings is 1. The van der Waals surface area contributed by atoms with Crippen molar-refractivity contribution in [3.63, 3.8) is 0 Å². The smallest absolute Gasteiger partial charge is 0.337 e. The molecule has 3 rings (SSSR count). The van der Waals surface area contributed by atoms with Crippen molar-refractivity contribution in [1.82, 2.24) is 4.57 Å². The molecule has 0 saturated carbocycles. The monoisotopic (exact) mass is 430 g/mol. The van der Waals surface area contributed by atoms with Crippen LogP contribution >= 0.6 is 0 Å². The first-order valence-corrected chi connectivity index (χ1v) is 10.1. The third kappa shape index (κ3) is 4.39. The van der Waals surface area contributed by atoms with Gasteiger partial charge in [-0.1, -0.05) is 6.07 Å². The van der Waals surface area contributed by atoms with Crippen LogP contribution in [0.5, 0.6) is 0 Å². The molecule has 0 aliphatic heterocycles. The highest BCUT2D eigenvalue weighted by molar-refractivity contribution is 7.85. The van der Waals surface area contributed by atoms with Crippen molar-refractivity contribution < 1.29 is 32.1 Å². The Kier molecular flexibility index (Phi) is 5.72. The van der Waals surface area contributed by atoms with Crippen LogP contribution in [0, 0.1) is 13.8 Å². The highest BCUT2D eigenvalue weighted by Gasteiger charge is 2.17. The molecule has 0 radical (unpaired) electrons. The molecule has 0 spiro atoms. The van der Waals surface area contributed by atoms with Gasteiger partial charge in [0.05, 0.1) is 17.5 Å². The van der Waals surface area contributed by atoms with Gasteiger partial charge in [-0.25, -0.2) is 4.79 Å². The van der Waals surface area contributed by atoms with Gasteiger partial charge in [0.15, 0.2) is 5.78 Å². The largest absolute Gasteiger partial charge is 0.478 e. The zero-order valence-corrected chi connectivity index (χ0v) is 16.9. The van der Waals surface area contributed by atoms with Gasteiger partial charge < -0.3 is 14.1 Å². The van der Waals surface area contributed by atoms with Crippen LogP contribution in [-0.4, -0.2) is 47.2 Å². The van der Waals surface area contributed by atoms with Gasteiger partial charge in [-0.2, -0.15) is 8.42 Å². The quantitative estimate of drug-likeness (QED) is 0.334. The van der Waals surface area contributed by atoms with Gasteiger partial charge in [-0.05, 0) is 50.2 Å². The van der Waals surface area contributed by atoms with Crippen LogP contribution in [0.1, 0.15) is 37.9 Å². The summed E-state index contributed by atoms with van der Waals surface area (Å²) in [6.07, 6.45) is 1.17. The van der Waals surface area contributed by atoms with Crippen LogP contribution in [0.4, 0.5) is 0 Å². The molecule has 2 heterocycles. The van der Waals surface area contributed by atoms with Crippen molar-refractivity contribution in [3.8, 4) is 5.69 Å². The molecule has 0 atom stereocenters. The molecule has 0 aliphatic rings. The fraction of sp³-hybridized carbons (Fsp3) is 0.150. The van der Waals surface area contributed by atoms with Gasteiger partial charge >= 0.3 is 16.1 Å². The van der Waals surface area contributed by atoms with Gasteiger partial charge in [0.25, 0.3) is 0 Å². The molecular formula is C20H18N2O7S. The minimum Gasteiger partial charge on any atom is -0.478 e. The van der Waals surface area contributed by atoms with Crippen molar-refractivity contribution >= 4 is 28.1 Å². The Morgan fingerprint density at radius 2 is 1.77 bits per heavy atom. The van der Waals surface area contributed by atoms with E-state index in [4.69, 9.17) is 8.97 Å². The van der Waals surface area contributed by atoms with Gasteiger partial charge in [-0.3, -0.25) is 14.3 Å². The van der Waals surface area contributed by atoms with E-state index in [0.29, 0.717) is 5.69 Å². The van der Waals surface area contributed by atoms with Gasteiger partial charge in [0, 0.05) is 17.0 Å². The third-order valence-electron chi connectivity index (χ3n) is 4.37. The van der Waals surface area contributed by atoms with Crippen molar-refractivity contribution in [2.45, 2.75) is 18.9 Å². The molecule has 30 heavy (non-hydrogen) atoms. The topological polar surface area (TPSA) is 139 Å². The maximum Gasteiger partial charge on any atom is 0.337 e. The molecule has 3 aromatic rings. The van der Waals surface area contributed by atoms with Crippen LogP contribution in [0.2, 0.25) is 0 Å². The molecule has 2 N–H and O–H groups in total. The van der Waals surface area contributed by atoms with Crippen molar-refractivity contribution in [2.24, 2.45) is 4.99 Å². The van der Waals surface area contributed by atoms with E-state index in [-0.39, 0.29) is 29.2 Å². The summed E-state index contributed by atoms with van der Waals surface area (Å²) < 4.78 is 37.5. The second kappa shape index (κ2) is 8.09. The number of hydrogen-bond acceptors (Lipinski definition) is 6.